The van der Waals surface area contributed by atoms with Gasteiger partial charge in [0.1, 0.15) is 0 Å². The van der Waals surface area contributed by atoms with Crippen LogP contribution in [0.3, 0.4) is 0 Å². The number of nitrogens with zero attached hydrogens (tertiary/aromatic N) is 2. The molecule has 5 nitrogen and oxygen atoms in total. The van der Waals surface area contributed by atoms with E-state index in [-0.39, 0.29) is 11.9 Å². The van der Waals surface area contributed by atoms with Crippen LogP contribution in [-0.2, 0) is 14.6 Å². The van der Waals surface area contributed by atoms with Gasteiger partial charge in [0.15, 0.2) is 9.84 Å². The summed E-state index contributed by atoms with van der Waals surface area (Å²) in [6, 6.07) is 7.55. The van der Waals surface area contributed by atoms with Crippen LogP contribution in [0.5, 0.6) is 0 Å². The number of rotatable bonds is 5. The number of hydrogen-bond acceptors (Lipinski definition) is 4. The molecule has 0 bridgehead atoms. The molecule has 1 fully saturated rings. The van der Waals surface area contributed by atoms with E-state index in [4.69, 9.17) is 0 Å². The van der Waals surface area contributed by atoms with Gasteiger partial charge in [-0.05, 0) is 64.8 Å². The fourth-order valence-corrected chi connectivity index (χ4v) is 4.22. The van der Waals surface area contributed by atoms with Crippen molar-refractivity contribution in [3.63, 3.8) is 0 Å². The number of hydrogen-bond donors (Lipinski definition) is 0. The van der Waals surface area contributed by atoms with E-state index >= 15 is 0 Å². The topological polar surface area (TPSA) is 57.7 Å². The summed E-state index contributed by atoms with van der Waals surface area (Å²) in [6.07, 6.45) is 4.53. The molecule has 0 aromatic heterocycles. The first kappa shape index (κ1) is 19.9. The Morgan fingerprint density at radius 2 is 1.72 bits per heavy atom. The van der Waals surface area contributed by atoms with Crippen molar-refractivity contribution in [3.8, 4) is 0 Å². The third-order valence-corrected chi connectivity index (χ3v) is 6.45. The van der Waals surface area contributed by atoms with Crippen LogP contribution >= 0.6 is 0 Å². The molecule has 6 heteroatoms. The second-order valence-electron chi connectivity index (χ2n) is 7.36. The Morgan fingerprint density at radius 3 is 2.20 bits per heavy atom. The van der Waals surface area contributed by atoms with Crippen molar-refractivity contribution in [2.45, 2.75) is 63.1 Å². The molecule has 1 aromatic carbocycles. The third kappa shape index (κ3) is 4.82. The van der Waals surface area contributed by atoms with Crippen molar-refractivity contribution in [3.05, 3.63) is 29.8 Å². The first-order valence-corrected chi connectivity index (χ1v) is 10.8. The molecule has 1 aliphatic rings. The maximum atomic E-state index is 12.8. The van der Waals surface area contributed by atoms with Crippen LogP contribution in [-0.4, -0.2) is 56.1 Å². The number of amides is 1. The number of likely N-dealkylation sites (tertiary alicyclic amines) is 1. The molecule has 0 spiro atoms. The van der Waals surface area contributed by atoms with Gasteiger partial charge in [0.25, 0.3) is 0 Å². The highest BCUT2D eigenvalue weighted by molar-refractivity contribution is 7.90. The lowest BCUT2D eigenvalue weighted by molar-refractivity contribution is -0.138. The Bertz CT molecular complexity index is 690. The molecule has 1 saturated heterocycles. The van der Waals surface area contributed by atoms with E-state index in [2.05, 4.69) is 13.8 Å². The molecule has 1 amide bonds. The number of carbonyl (C=O) groups excluding carboxylic acids is 1. The van der Waals surface area contributed by atoms with Crippen molar-refractivity contribution < 1.29 is 13.2 Å². The largest absolute Gasteiger partial charge is 0.336 e. The van der Waals surface area contributed by atoms with Crippen molar-refractivity contribution >= 4 is 15.7 Å². The summed E-state index contributed by atoms with van der Waals surface area (Å²) in [5, 5.41) is 0. The Balaban J connectivity index is 2.04. The van der Waals surface area contributed by atoms with E-state index in [1.54, 1.807) is 12.1 Å². The van der Waals surface area contributed by atoms with Crippen LogP contribution in [0.1, 0.15) is 51.6 Å². The molecule has 1 aliphatic heterocycles. The smallest absolute Gasteiger partial charge is 0.237 e. The van der Waals surface area contributed by atoms with Crippen LogP contribution in [0.4, 0.5) is 0 Å². The minimum absolute atomic E-state index is 0.0352. The number of sulfone groups is 1. The highest BCUT2D eigenvalue weighted by Gasteiger charge is 2.30. The monoisotopic (exact) mass is 366 g/mol. The number of piperidine rings is 1. The highest BCUT2D eigenvalue weighted by Crippen LogP contribution is 2.24. The molecule has 1 aromatic rings. The third-order valence-electron chi connectivity index (χ3n) is 5.32. The summed E-state index contributed by atoms with van der Waals surface area (Å²) in [6.45, 7) is 6.65. The van der Waals surface area contributed by atoms with E-state index < -0.39 is 9.84 Å². The average Bonchev–Trinajstić information content (AvgIpc) is 2.53. The number of benzene rings is 1. The van der Waals surface area contributed by atoms with Gasteiger partial charge < -0.3 is 4.90 Å². The summed E-state index contributed by atoms with van der Waals surface area (Å²) in [4.78, 5) is 17.1. The molecule has 0 N–H and O–H groups in total. The first-order valence-electron chi connectivity index (χ1n) is 8.92. The van der Waals surface area contributed by atoms with Crippen molar-refractivity contribution in [1.82, 2.24) is 9.80 Å². The van der Waals surface area contributed by atoms with Crippen molar-refractivity contribution in [1.29, 1.82) is 0 Å². The van der Waals surface area contributed by atoms with Gasteiger partial charge in [0.2, 0.25) is 5.91 Å². The van der Waals surface area contributed by atoms with E-state index in [9.17, 15) is 13.2 Å². The normalized spacial score (nSPS) is 22.9. The second kappa shape index (κ2) is 7.87. The van der Waals surface area contributed by atoms with Gasteiger partial charge >= 0.3 is 0 Å². The predicted octanol–water partition coefficient (Wildman–Crippen LogP) is 2.87. The zero-order valence-corrected chi connectivity index (χ0v) is 16.7. The first-order chi connectivity index (χ1) is 11.6. The fourth-order valence-electron chi connectivity index (χ4n) is 3.59. The van der Waals surface area contributed by atoms with E-state index in [0.717, 1.165) is 18.4 Å². The highest BCUT2D eigenvalue weighted by atomic mass is 32.2. The fraction of sp³-hybridized carbons (Fsp3) is 0.632. The summed E-state index contributed by atoms with van der Waals surface area (Å²) >= 11 is 0. The molecule has 1 heterocycles. The molecule has 25 heavy (non-hydrogen) atoms. The average molecular weight is 367 g/mol. The van der Waals surface area contributed by atoms with E-state index in [1.807, 2.05) is 35.9 Å². The number of likely N-dealkylation sites (N-methyl/N-ethyl adjacent to an activating group) is 1. The molecular formula is C19H30N2O3S. The zero-order valence-electron chi connectivity index (χ0n) is 15.9. The van der Waals surface area contributed by atoms with E-state index in [0.29, 0.717) is 23.5 Å². The molecule has 0 radical (unpaired) electrons. The van der Waals surface area contributed by atoms with Gasteiger partial charge in [0.05, 0.1) is 11.4 Å². The summed E-state index contributed by atoms with van der Waals surface area (Å²) in [5.41, 5.74) is 1.00. The van der Waals surface area contributed by atoms with Crippen molar-refractivity contribution in [2.75, 3.05) is 19.8 Å². The lowest BCUT2D eigenvalue weighted by Gasteiger charge is -2.40. The molecular weight excluding hydrogens is 336 g/mol. The van der Waals surface area contributed by atoms with Gasteiger partial charge in [-0.2, -0.15) is 0 Å². The maximum absolute atomic E-state index is 12.8. The lowest BCUT2D eigenvalue weighted by atomic mass is 9.97. The van der Waals surface area contributed by atoms with Crippen molar-refractivity contribution in [2.24, 2.45) is 0 Å². The summed E-state index contributed by atoms with van der Waals surface area (Å²) in [5.74, 6) is 0.168. The molecule has 0 saturated carbocycles. The Kier molecular flexibility index (Phi) is 6.27. The maximum Gasteiger partial charge on any atom is 0.237 e. The lowest BCUT2D eigenvalue weighted by Crippen LogP contribution is -2.50. The standard InChI is InChI=1S/C19H30N2O3S/c1-14-7-6-8-15(2)21(14)19(22)13-20(4)16(3)17-9-11-18(12-10-17)25(5,23)24/h9-12,14-16H,6-8,13H2,1-5H3/t14-,15+,16-/m0/s1. The quantitative estimate of drug-likeness (QED) is 0.804. The summed E-state index contributed by atoms with van der Waals surface area (Å²) < 4.78 is 23.1. The van der Waals surface area contributed by atoms with Crippen LogP contribution in [0.15, 0.2) is 29.2 Å². The molecule has 0 unspecified atom stereocenters. The van der Waals surface area contributed by atoms with Gasteiger partial charge in [0, 0.05) is 24.4 Å². The number of carbonyl (C=O) groups is 1. The molecule has 0 aliphatic carbocycles. The van der Waals surface area contributed by atoms with Crippen LogP contribution in [0.25, 0.3) is 0 Å². The van der Waals surface area contributed by atoms with Gasteiger partial charge in [-0.1, -0.05) is 12.1 Å². The van der Waals surface area contributed by atoms with Crippen LogP contribution in [0, 0.1) is 0 Å². The zero-order chi connectivity index (χ0) is 18.8. The Hall–Kier alpha value is -1.40. The van der Waals surface area contributed by atoms with Gasteiger partial charge in [-0.25, -0.2) is 8.42 Å². The predicted molar refractivity (Wildman–Crippen MR) is 100 cm³/mol. The van der Waals surface area contributed by atoms with Gasteiger partial charge in [-0.15, -0.1) is 0 Å². The Labute approximate surface area is 151 Å². The SMILES string of the molecule is C[C@@H]1CCC[C@H](C)N1C(=O)CN(C)[C@@H](C)c1ccc(S(C)(=O)=O)cc1. The second-order valence-corrected chi connectivity index (χ2v) is 9.38. The molecule has 2 rings (SSSR count). The van der Waals surface area contributed by atoms with Crippen LogP contribution in [0.2, 0.25) is 0 Å². The molecule has 3 atom stereocenters. The summed E-state index contributed by atoms with van der Waals surface area (Å²) in [7, 11) is -1.25. The molecule has 140 valence electrons. The van der Waals surface area contributed by atoms with E-state index in [1.165, 1.54) is 12.7 Å². The minimum atomic E-state index is -3.19. The minimum Gasteiger partial charge on any atom is -0.336 e. The Morgan fingerprint density at radius 1 is 1.20 bits per heavy atom. The van der Waals surface area contributed by atoms with Gasteiger partial charge in [-0.3, -0.25) is 9.69 Å². The van der Waals surface area contributed by atoms with Crippen LogP contribution < -0.4 is 0 Å².